The first kappa shape index (κ1) is 14.5. The third-order valence-corrected chi connectivity index (χ3v) is 3.25. The number of aliphatic hydroxyl groups is 1. The summed E-state index contributed by atoms with van der Waals surface area (Å²) in [6.07, 6.45) is 7.60. The summed E-state index contributed by atoms with van der Waals surface area (Å²) < 4.78 is 0. The van der Waals surface area contributed by atoms with Crippen molar-refractivity contribution in [1.29, 1.82) is 0 Å². The Hall–Kier alpha value is -0.610. The Labute approximate surface area is 104 Å². The van der Waals surface area contributed by atoms with Gasteiger partial charge < -0.3 is 15.7 Å². The van der Waals surface area contributed by atoms with Gasteiger partial charge in [0.05, 0.1) is 12.1 Å². The average molecular weight is 242 g/mol. The number of nitrogens with one attached hydrogen (secondary N) is 2. The van der Waals surface area contributed by atoms with Crippen LogP contribution < -0.4 is 10.6 Å². The summed E-state index contributed by atoms with van der Waals surface area (Å²) in [6.45, 7) is 3.51. The standard InChI is InChI=1S/C13H26N2O2/c1-2-3-4-5-6-7-8-14-13(17)12-9-11(16)10-15-12/h11-12,15-16H,2-10H2,1H3,(H,14,17). The summed E-state index contributed by atoms with van der Waals surface area (Å²) in [5.41, 5.74) is 0. The fraction of sp³-hybridized carbons (Fsp3) is 0.923. The normalized spacial score (nSPS) is 23.9. The largest absolute Gasteiger partial charge is 0.392 e. The van der Waals surface area contributed by atoms with Crippen molar-refractivity contribution >= 4 is 5.91 Å². The molecule has 1 fully saturated rings. The number of β-amino-alcohol motifs (C(OH)–C–C–N with tert-alkyl or cyclic N) is 1. The van der Waals surface area contributed by atoms with Crippen molar-refractivity contribution in [2.75, 3.05) is 13.1 Å². The predicted molar refractivity (Wildman–Crippen MR) is 68.8 cm³/mol. The van der Waals surface area contributed by atoms with Crippen LogP contribution in [0.3, 0.4) is 0 Å². The maximum atomic E-state index is 11.6. The Bertz CT molecular complexity index is 221. The maximum Gasteiger partial charge on any atom is 0.237 e. The van der Waals surface area contributed by atoms with Crippen LogP contribution in [-0.4, -0.2) is 36.2 Å². The molecule has 0 radical (unpaired) electrons. The lowest BCUT2D eigenvalue weighted by Gasteiger charge is -2.10. The molecule has 1 heterocycles. The summed E-state index contributed by atoms with van der Waals surface area (Å²) in [6, 6.07) is -0.190. The molecule has 0 aromatic rings. The minimum atomic E-state index is -0.361. The highest BCUT2D eigenvalue weighted by molar-refractivity contribution is 5.82. The molecule has 0 aromatic heterocycles. The highest BCUT2D eigenvalue weighted by atomic mass is 16.3. The zero-order chi connectivity index (χ0) is 12.5. The Morgan fingerprint density at radius 1 is 1.29 bits per heavy atom. The van der Waals surface area contributed by atoms with E-state index in [1.165, 1.54) is 32.1 Å². The molecule has 1 aliphatic rings. The third kappa shape index (κ3) is 6.03. The molecular weight excluding hydrogens is 216 g/mol. The molecule has 0 aromatic carbocycles. The molecular formula is C13H26N2O2. The molecule has 4 heteroatoms. The SMILES string of the molecule is CCCCCCCCNC(=O)C1CC(O)CN1. The Kier molecular flexibility index (Phi) is 7.21. The fourth-order valence-electron chi connectivity index (χ4n) is 2.16. The molecule has 1 rings (SSSR count). The van der Waals surface area contributed by atoms with Crippen molar-refractivity contribution in [2.45, 2.75) is 64.0 Å². The molecule has 1 aliphatic heterocycles. The molecule has 4 nitrogen and oxygen atoms in total. The van der Waals surface area contributed by atoms with Crippen LogP contribution in [0.25, 0.3) is 0 Å². The molecule has 0 aliphatic carbocycles. The van der Waals surface area contributed by atoms with Gasteiger partial charge in [-0.3, -0.25) is 4.79 Å². The molecule has 1 saturated heterocycles. The van der Waals surface area contributed by atoms with E-state index < -0.39 is 0 Å². The first-order valence-electron chi connectivity index (χ1n) is 6.93. The number of amides is 1. The number of unbranched alkanes of at least 4 members (excludes halogenated alkanes) is 5. The van der Waals surface area contributed by atoms with Crippen molar-refractivity contribution in [2.24, 2.45) is 0 Å². The summed E-state index contributed by atoms with van der Waals surface area (Å²) in [4.78, 5) is 11.6. The van der Waals surface area contributed by atoms with E-state index in [0.29, 0.717) is 13.0 Å². The maximum absolute atomic E-state index is 11.6. The third-order valence-electron chi connectivity index (χ3n) is 3.25. The van der Waals surface area contributed by atoms with Crippen molar-refractivity contribution < 1.29 is 9.90 Å². The minimum Gasteiger partial charge on any atom is -0.392 e. The van der Waals surface area contributed by atoms with E-state index in [1.54, 1.807) is 0 Å². The number of hydrogen-bond acceptors (Lipinski definition) is 3. The molecule has 0 bridgehead atoms. The molecule has 17 heavy (non-hydrogen) atoms. The number of carbonyl (C=O) groups excluding carboxylic acids is 1. The second-order valence-electron chi connectivity index (χ2n) is 4.91. The van der Waals surface area contributed by atoms with E-state index in [0.717, 1.165) is 13.0 Å². The van der Waals surface area contributed by atoms with E-state index >= 15 is 0 Å². The lowest BCUT2D eigenvalue weighted by atomic mass is 10.1. The van der Waals surface area contributed by atoms with Crippen LogP contribution in [0.1, 0.15) is 51.9 Å². The van der Waals surface area contributed by atoms with Gasteiger partial charge in [-0.15, -0.1) is 0 Å². The van der Waals surface area contributed by atoms with Gasteiger partial charge in [-0.1, -0.05) is 39.0 Å². The molecule has 100 valence electrons. The zero-order valence-electron chi connectivity index (χ0n) is 10.9. The average Bonchev–Trinajstić information content (AvgIpc) is 2.74. The fourth-order valence-corrected chi connectivity index (χ4v) is 2.16. The molecule has 0 saturated carbocycles. The van der Waals surface area contributed by atoms with Crippen LogP contribution in [-0.2, 0) is 4.79 Å². The van der Waals surface area contributed by atoms with E-state index in [2.05, 4.69) is 17.6 Å². The summed E-state index contributed by atoms with van der Waals surface area (Å²) in [7, 11) is 0. The Balaban J connectivity index is 1.93. The first-order valence-corrected chi connectivity index (χ1v) is 6.93. The number of hydrogen-bond donors (Lipinski definition) is 3. The number of aliphatic hydroxyl groups excluding tert-OH is 1. The van der Waals surface area contributed by atoms with Crippen molar-refractivity contribution in [3.63, 3.8) is 0 Å². The van der Waals surface area contributed by atoms with Gasteiger partial charge in [0.15, 0.2) is 0 Å². The lowest BCUT2D eigenvalue weighted by molar-refractivity contribution is -0.122. The van der Waals surface area contributed by atoms with Gasteiger partial charge in [0, 0.05) is 13.1 Å². The van der Waals surface area contributed by atoms with Gasteiger partial charge in [0.1, 0.15) is 0 Å². The number of rotatable bonds is 8. The second kappa shape index (κ2) is 8.48. The van der Waals surface area contributed by atoms with Crippen molar-refractivity contribution in [3.05, 3.63) is 0 Å². The lowest BCUT2D eigenvalue weighted by Crippen LogP contribution is -2.40. The molecule has 1 amide bonds. The van der Waals surface area contributed by atoms with Gasteiger partial charge in [-0.2, -0.15) is 0 Å². The van der Waals surface area contributed by atoms with Crippen LogP contribution in [0.2, 0.25) is 0 Å². The minimum absolute atomic E-state index is 0.0371. The van der Waals surface area contributed by atoms with Crippen LogP contribution in [0.4, 0.5) is 0 Å². The van der Waals surface area contributed by atoms with E-state index in [-0.39, 0.29) is 18.1 Å². The van der Waals surface area contributed by atoms with Gasteiger partial charge in [-0.05, 0) is 12.8 Å². The Morgan fingerprint density at radius 2 is 2.00 bits per heavy atom. The highest BCUT2D eigenvalue weighted by Gasteiger charge is 2.27. The monoisotopic (exact) mass is 242 g/mol. The second-order valence-corrected chi connectivity index (χ2v) is 4.91. The number of carbonyl (C=O) groups is 1. The Morgan fingerprint density at radius 3 is 2.65 bits per heavy atom. The van der Waals surface area contributed by atoms with Gasteiger partial charge in [-0.25, -0.2) is 0 Å². The van der Waals surface area contributed by atoms with Gasteiger partial charge in [0.2, 0.25) is 5.91 Å². The smallest absolute Gasteiger partial charge is 0.237 e. The topological polar surface area (TPSA) is 61.4 Å². The van der Waals surface area contributed by atoms with Crippen molar-refractivity contribution in [1.82, 2.24) is 10.6 Å². The van der Waals surface area contributed by atoms with E-state index in [9.17, 15) is 9.90 Å². The van der Waals surface area contributed by atoms with E-state index in [1.807, 2.05) is 0 Å². The molecule has 2 unspecified atom stereocenters. The van der Waals surface area contributed by atoms with Crippen LogP contribution in [0.5, 0.6) is 0 Å². The molecule has 0 spiro atoms. The molecule has 3 N–H and O–H groups in total. The van der Waals surface area contributed by atoms with Crippen LogP contribution in [0, 0.1) is 0 Å². The summed E-state index contributed by atoms with van der Waals surface area (Å²) in [5.74, 6) is 0.0371. The van der Waals surface area contributed by atoms with Crippen LogP contribution >= 0.6 is 0 Å². The molecule has 2 atom stereocenters. The van der Waals surface area contributed by atoms with Gasteiger partial charge in [0.25, 0.3) is 0 Å². The quantitative estimate of drug-likeness (QED) is 0.560. The predicted octanol–water partition coefficient (Wildman–Crippen LogP) is 1.19. The zero-order valence-corrected chi connectivity index (χ0v) is 10.9. The van der Waals surface area contributed by atoms with E-state index in [4.69, 9.17) is 0 Å². The summed E-state index contributed by atoms with van der Waals surface area (Å²) >= 11 is 0. The van der Waals surface area contributed by atoms with Gasteiger partial charge >= 0.3 is 0 Å². The first-order chi connectivity index (χ1) is 8.24. The van der Waals surface area contributed by atoms with Crippen molar-refractivity contribution in [3.8, 4) is 0 Å². The van der Waals surface area contributed by atoms with Crippen LogP contribution in [0.15, 0.2) is 0 Å². The highest BCUT2D eigenvalue weighted by Crippen LogP contribution is 2.07. The summed E-state index contributed by atoms with van der Waals surface area (Å²) in [5, 5.41) is 15.2.